The van der Waals surface area contributed by atoms with Gasteiger partial charge in [-0.2, -0.15) is 39.5 Å². The maximum Gasteiger partial charge on any atom is 0.417 e. The van der Waals surface area contributed by atoms with Crippen LogP contribution in [0.5, 0.6) is 0 Å². The van der Waals surface area contributed by atoms with Crippen LogP contribution in [0, 0.1) is 5.92 Å². The lowest BCUT2D eigenvalue weighted by molar-refractivity contribution is -0.140. The topological polar surface area (TPSA) is 46.2 Å². The molecule has 1 N–H and O–H groups in total. The molecule has 0 heterocycles. The second-order valence-corrected chi connectivity index (χ2v) is 9.65. The number of Topliss-reactive ketones (excluding diaryl/α,β-unsaturated/α-hetero) is 1. The molecule has 1 unspecified atom stereocenters. The standard InChI is InChI=1S/C25H17Cl2F12NO2/c1-10(22(42)40-9-23(31,32)33)4-19(41)13-3-2-11(6-16(13)25(37,38)39)18(28)8-15(24(34,35)36)12-5-14(21(29)30)20(27)17(26)7-12/h2-3,5-8,10,15,21H,4,9H2,1H3,(H,40,42)/b18-8-/t10-,15?/m0/s1. The van der Waals surface area contributed by atoms with Crippen LogP contribution >= 0.6 is 23.2 Å². The molecule has 0 fully saturated rings. The van der Waals surface area contributed by atoms with Crippen LogP contribution in [0.4, 0.5) is 52.7 Å². The van der Waals surface area contributed by atoms with Gasteiger partial charge in [0.1, 0.15) is 18.3 Å². The van der Waals surface area contributed by atoms with E-state index in [1.807, 2.05) is 0 Å². The summed E-state index contributed by atoms with van der Waals surface area (Å²) in [5, 5.41) is -0.0235. The second kappa shape index (κ2) is 13.1. The predicted molar refractivity (Wildman–Crippen MR) is 128 cm³/mol. The second-order valence-electron chi connectivity index (χ2n) is 8.86. The molecular formula is C25H17Cl2F12NO2. The maximum absolute atomic E-state index is 15.0. The van der Waals surface area contributed by atoms with Crippen molar-refractivity contribution in [2.45, 2.75) is 44.2 Å². The van der Waals surface area contributed by atoms with E-state index in [1.165, 1.54) is 5.32 Å². The summed E-state index contributed by atoms with van der Waals surface area (Å²) in [5.41, 5.74) is -6.13. The molecule has 0 saturated carbocycles. The summed E-state index contributed by atoms with van der Waals surface area (Å²) in [7, 11) is 0. The lowest BCUT2D eigenvalue weighted by Gasteiger charge is -2.20. The van der Waals surface area contributed by atoms with Crippen LogP contribution < -0.4 is 5.32 Å². The molecule has 2 aromatic carbocycles. The van der Waals surface area contributed by atoms with E-state index in [0.29, 0.717) is 24.3 Å². The molecule has 0 bridgehead atoms. The lowest BCUT2D eigenvalue weighted by Crippen LogP contribution is -2.37. The minimum Gasteiger partial charge on any atom is -0.347 e. The van der Waals surface area contributed by atoms with Crippen LogP contribution in [0.2, 0.25) is 10.0 Å². The Bertz CT molecular complexity index is 1350. The molecule has 0 radical (unpaired) electrons. The number of nitrogens with one attached hydrogen (secondary N) is 1. The normalized spacial score (nSPS) is 14.6. The zero-order valence-corrected chi connectivity index (χ0v) is 22.2. The van der Waals surface area contributed by atoms with Crippen molar-refractivity contribution in [3.05, 3.63) is 74.3 Å². The quantitative estimate of drug-likeness (QED) is 0.215. The highest BCUT2D eigenvalue weighted by atomic mass is 35.5. The summed E-state index contributed by atoms with van der Waals surface area (Å²) in [6.07, 6.45) is -20.1. The first-order chi connectivity index (χ1) is 19.0. The van der Waals surface area contributed by atoms with Gasteiger partial charge in [0.2, 0.25) is 5.91 Å². The van der Waals surface area contributed by atoms with Crippen LogP contribution in [0.3, 0.4) is 0 Å². The van der Waals surface area contributed by atoms with E-state index in [0.717, 1.165) is 6.92 Å². The summed E-state index contributed by atoms with van der Waals surface area (Å²) < 4.78 is 161. The third kappa shape index (κ3) is 9.28. The van der Waals surface area contributed by atoms with Crippen molar-refractivity contribution in [2.75, 3.05) is 6.54 Å². The fourth-order valence-electron chi connectivity index (χ4n) is 3.61. The zero-order chi connectivity index (χ0) is 32.4. The number of carbonyl (C=O) groups is 2. The summed E-state index contributed by atoms with van der Waals surface area (Å²) in [5.74, 6) is -9.05. The number of rotatable bonds is 9. The molecule has 3 nitrogen and oxygen atoms in total. The molecule has 42 heavy (non-hydrogen) atoms. The number of hydrogen-bond donors (Lipinski definition) is 1. The van der Waals surface area contributed by atoms with Gasteiger partial charge >= 0.3 is 18.5 Å². The molecule has 0 aliphatic rings. The van der Waals surface area contributed by atoms with Crippen LogP contribution in [-0.4, -0.2) is 30.6 Å². The Kier molecular flexibility index (Phi) is 11.0. The molecule has 0 aliphatic heterocycles. The summed E-state index contributed by atoms with van der Waals surface area (Å²) >= 11 is 11.2. The van der Waals surface area contributed by atoms with Crippen molar-refractivity contribution < 1.29 is 62.3 Å². The summed E-state index contributed by atoms with van der Waals surface area (Å²) in [4.78, 5) is 24.3. The number of carbonyl (C=O) groups excluding carboxylic acids is 2. The molecule has 0 aromatic heterocycles. The maximum atomic E-state index is 15.0. The monoisotopic (exact) mass is 661 g/mol. The third-order valence-corrected chi connectivity index (χ3v) is 6.46. The largest absolute Gasteiger partial charge is 0.417 e. The van der Waals surface area contributed by atoms with E-state index in [-0.39, 0.29) is 12.1 Å². The van der Waals surface area contributed by atoms with Gasteiger partial charge in [-0.05, 0) is 29.8 Å². The Balaban J connectivity index is 2.50. The predicted octanol–water partition coefficient (Wildman–Crippen LogP) is 9.49. The summed E-state index contributed by atoms with van der Waals surface area (Å²) in [6.45, 7) is -0.795. The van der Waals surface area contributed by atoms with Crippen molar-refractivity contribution in [1.29, 1.82) is 0 Å². The van der Waals surface area contributed by atoms with Crippen molar-refractivity contribution in [2.24, 2.45) is 5.92 Å². The average molecular weight is 662 g/mol. The van der Waals surface area contributed by atoms with Crippen molar-refractivity contribution in [3.63, 3.8) is 0 Å². The van der Waals surface area contributed by atoms with Gasteiger partial charge < -0.3 is 5.32 Å². The van der Waals surface area contributed by atoms with Gasteiger partial charge in [0.05, 0.1) is 15.6 Å². The molecule has 0 aliphatic carbocycles. The van der Waals surface area contributed by atoms with Gasteiger partial charge in [-0.25, -0.2) is 13.2 Å². The Labute approximate surface area is 239 Å². The SMILES string of the molecule is C[C@@H](CC(=O)c1ccc(/C(F)=C/C(c2cc(Cl)c(Cl)c(C(F)F)c2)C(F)(F)F)cc1C(F)(F)F)C(=O)NCC(F)(F)F. The van der Waals surface area contributed by atoms with E-state index >= 15 is 0 Å². The minimum absolute atomic E-state index is 0.0142. The first kappa shape index (κ1) is 35.3. The number of amides is 1. The number of halogens is 14. The Morgan fingerprint density at radius 2 is 1.55 bits per heavy atom. The third-order valence-electron chi connectivity index (χ3n) is 5.64. The molecule has 0 saturated heterocycles. The highest BCUT2D eigenvalue weighted by Gasteiger charge is 2.41. The fraction of sp³-hybridized carbons (Fsp3) is 0.360. The van der Waals surface area contributed by atoms with E-state index in [4.69, 9.17) is 23.2 Å². The highest BCUT2D eigenvalue weighted by molar-refractivity contribution is 6.42. The molecule has 232 valence electrons. The number of benzene rings is 2. The number of allylic oxidation sites excluding steroid dienone is 1. The fourth-order valence-corrected chi connectivity index (χ4v) is 4.03. The Morgan fingerprint density at radius 3 is 2.05 bits per heavy atom. The summed E-state index contributed by atoms with van der Waals surface area (Å²) in [6, 6.07) is 1.81. The van der Waals surface area contributed by atoms with Crippen molar-refractivity contribution in [1.82, 2.24) is 5.32 Å². The first-order valence-electron chi connectivity index (χ1n) is 11.3. The van der Waals surface area contributed by atoms with Gasteiger partial charge in [0.15, 0.2) is 5.78 Å². The molecule has 2 atom stereocenters. The molecule has 1 amide bonds. The van der Waals surface area contributed by atoms with E-state index < -0.39 is 105 Å². The lowest BCUT2D eigenvalue weighted by atomic mass is 9.92. The van der Waals surface area contributed by atoms with Crippen molar-refractivity contribution >= 4 is 40.7 Å². The minimum atomic E-state index is -5.37. The van der Waals surface area contributed by atoms with E-state index in [9.17, 15) is 62.3 Å². The van der Waals surface area contributed by atoms with E-state index in [1.54, 1.807) is 0 Å². The van der Waals surface area contributed by atoms with Gasteiger partial charge in [-0.15, -0.1) is 0 Å². The Morgan fingerprint density at radius 1 is 0.952 bits per heavy atom. The molecular weight excluding hydrogens is 645 g/mol. The zero-order valence-electron chi connectivity index (χ0n) is 20.7. The van der Waals surface area contributed by atoms with Crippen LogP contribution in [0.1, 0.15) is 58.3 Å². The molecule has 0 spiro atoms. The first-order valence-corrected chi connectivity index (χ1v) is 12.1. The number of ketones is 1. The highest BCUT2D eigenvalue weighted by Crippen LogP contribution is 2.43. The average Bonchev–Trinajstić information content (AvgIpc) is 2.84. The molecule has 2 rings (SSSR count). The molecule has 17 heteroatoms. The van der Waals surface area contributed by atoms with Gasteiger partial charge in [0, 0.05) is 29.0 Å². The van der Waals surface area contributed by atoms with Crippen LogP contribution in [-0.2, 0) is 11.0 Å². The van der Waals surface area contributed by atoms with Gasteiger partial charge in [-0.3, -0.25) is 9.59 Å². The van der Waals surface area contributed by atoms with Gasteiger partial charge in [0.25, 0.3) is 6.43 Å². The van der Waals surface area contributed by atoms with Crippen LogP contribution in [0.15, 0.2) is 36.4 Å². The smallest absolute Gasteiger partial charge is 0.347 e. The van der Waals surface area contributed by atoms with E-state index in [2.05, 4.69) is 0 Å². The van der Waals surface area contributed by atoms with Crippen molar-refractivity contribution in [3.8, 4) is 0 Å². The Hall–Kier alpha value is -2.94. The van der Waals surface area contributed by atoms with Gasteiger partial charge in [-0.1, -0.05) is 42.3 Å². The number of hydrogen-bond acceptors (Lipinski definition) is 2. The molecule has 2 aromatic rings. The number of alkyl halides is 11. The van der Waals surface area contributed by atoms with Crippen LogP contribution in [0.25, 0.3) is 5.83 Å².